The van der Waals surface area contributed by atoms with E-state index in [1.54, 1.807) is 0 Å². The maximum atomic E-state index is 5.43. The number of rotatable bonds is 1. The summed E-state index contributed by atoms with van der Waals surface area (Å²) in [4.78, 5) is 2.46. The van der Waals surface area contributed by atoms with E-state index in [0.717, 1.165) is 39.3 Å². The van der Waals surface area contributed by atoms with E-state index in [1.807, 2.05) is 0 Å². The molecule has 1 N–H and O–H groups in total. The van der Waals surface area contributed by atoms with Crippen LogP contribution in [0.3, 0.4) is 0 Å². The highest BCUT2D eigenvalue weighted by atomic mass is 16.5. The van der Waals surface area contributed by atoms with Crippen molar-refractivity contribution >= 4 is 5.69 Å². The summed E-state index contributed by atoms with van der Waals surface area (Å²) in [6.45, 7) is 7.10. The van der Waals surface area contributed by atoms with Gasteiger partial charge in [0.05, 0.1) is 13.2 Å². The Labute approximate surface area is 103 Å². The molecule has 1 atom stereocenters. The lowest BCUT2D eigenvalue weighted by molar-refractivity contribution is 0.122. The molecule has 17 heavy (non-hydrogen) atoms. The minimum absolute atomic E-state index is 0.470. The molecule has 2 aliphatic heterocycles. The van der Waals surface area contributed by atoms with E-state index in [4.69, 9.17) is 4.74 Å². The first-order valence-electron chi connectivity index (χ1n) is 6.54. The van der Waals surface area contributed by atoms with Crippen molar-refractivity contribution in [2.45, 2.75) is 19.4 Å². The lowest BCUT2D eigenvalue weighted by Gasteiger charge is -2.34. The average molecular weight is 232 g/mol. The van der Waals surface area contributed by atoms with Crippen LogP contribution in [-0.2, 0) is 11.2 Å². The Morgan fingerprint density at radius 2 is 2.12 bits per heavy atom. The molecule has 0 aliphatic carbocycles. The highest BCUT2D eigenvalue weighted by molar-refractivity contribution is 5.59. The van der Waals surface area contributed by atoms with Crippen LogP contribution in [0, 0.1) is 0 Å². The normalized spacial score (nSPS) is 24.5. The Kier molecular flexibility index (Phi) is 3.04. The van der Waals surface area contributed by atoms with Gasteiger partial charge in [-0.15, -0.1) is 0 Å². The van der Waals surface area contributed by atoms with E-state index >= 15 is 0 Å². The molecule has 0 radical (unpaired) electrons. The molecule has 2 heterocycles. The maximum absolute atomic E-state index is 5.43. The first kappa shape index (κ1) is 11.1. The smallest absolute Gasteiger partial charge is 0.0642 e. The first-order chi connectivity index (χ1) is 8.36. The fraction of sp³-hybridized carbons (Fsp3) is 0.571. The lowest BCUT2D eigenvalue weighted by Crippen LogP contribution is -2.38. The molecule has 3 rings (SSSR count). The molecule has 2 aliphatic rings. The van der Waals surface area contributed by atoms with Crippen LogP contribution >= 0.6 is 0 Å². The first-order valence-corrected chi connectivity index (χ1v) is 6.54. The number of nitrogens with one attached hydrogen (secondary N) is 1. The predicted molar refractivity (Wildman–Crippen MR) is 69.6 cm³/mol. The fourth-order valence-corrected chi connectivity index (χ4v) is 2.92. The fourth-order valence-electron chi connectivity index (χ4n) is 2.92. The Morgan fingerprint density at radius 1 is 1.29 bits per heavy atom. The predicted octanol–water partition coefficient (Wildman–Crippen LogP) is 1.73. The van der Waals surface area contributed by atoms with Gasteiger partial charge >= 0.3 is 0 Å². The molecule has 92 valence electrons. The maximum Gasteiger partial charge on any atom is 0.0642 e. The molecule has 1 saturated heterocycles. The number of hydrogen-bond acceptors (Lipinski definition) is 3. The Morgan fingerprint density at radius 3 is 2.94 bits per heavy atom. The van der Waals surface area contributed by atoms with Gasteiger partial charge in [0.25, 0.3) is 0 Å². The zero-order valence-electron chi connectivity index (χ0n) is 10.4. The van der Waals surface area contributed by atoms with Gasteiger partial charge in [0, 0.05) is 24.8 Å². The molecule has 0 saturated carbocycles. The van der Waals surface area contributed by atoms with Crippen molar-refractivity contribution in [1.82, 2.24) is 5.32 Å². The molecule has 0 spiro atoms. The summed E-state index contributed by atoms with van der Waals surface area (Å²) in [6, 6.07) is 7.20. The molecule has 1 unspecified atom stereocenters. The minimum atomic E-state index is 0.470. The lowest BCUT2D eigenvalue weighted by atomic mass is 9.93. The zero-order chi connectivity index (χ0) is 11.7. The third kappa shape index (κ3) is 2.05. The van der Waals surface area contributed by atoms with Gasteiger partial charge in [-0.3, -0.25) is 0 Å². The van der Waals surface area contributed by atoms with Gasteiger partial charge in [-0.05, 0) is 37.1 Å². The second-order valence-electron chi connectivity index (χ2n) is 4.88. The monoisotopic (exact) mass is 232 g/mol. The number of hydrogen-bond donors (Lipinski definition) is 1. The van der Waals surface area contributed by atoms with Crippen molar-refractivity contribution < 1.29 is 4.74 Å². The minimum Gasteiger partial charge on any atom is -0.378 e. The van der Waals surface area contributed by atoms with Crippen LogP contribution in [0.4, 0.5) is 5.69 Å². The van der Waals surface area contributed by atoms with Gasteiger partial charge in [0.2, 0.25) is 0 Å². The Balaban J connectivity index is 1.98. The van der Waals surface area contributed by atoms with Gasteiger partial charge in [0.15, 0.2) is 0 Å². The van der Waals surface area contributed by atoms with E-state index in [0.29, 0.717) is 6.04 Å². The van der Waals surface area contributed by atoms with Crippen LogP contribution in [-0.4, -0.2) is 32.8 Å². The summed E-state index contributed by atoms with van der Waals surface area (Å²) in [5.41, 5.74) is 4.42. The highest BCUT2D eigenvalue weighted by Crippen LogP contribution is 2.32. The summed E-state index contributed by atoms with van der Waals surface area (Å²) in [6.07, 6.45) is 1.15. The van der Waals surface area contributed by atoms with Crippen LogP contribution in [0.5, 0.6) is 0 Å². The van der Waals surface area contributed by atoms with Crippen LogP contribution in [0.2, 0.25) is 0 Å². The third-order valence-corrected chi connectivity index (χ3v) is 3.80. The molecule has 0 bridgehead atoms. The van der Waals surface area contributed by atoms with E-state index in [-0.39, 0.29) is 0 Å². The van der Waals surface area contributed by atoms with Gasteiger partial charge in [-0.1, -0.05) is 12.1 Å². The molecule has 3 nitrogen and oxygen atoms in total. The van der Waals surface area contributed by atoms with Gasteiger partial charge in [0.1, 0.15) is 0 Å². The molecule has 1 fully saturated rings. The molecule has 3 heteroatoms. The summed E-state index contributed by atoms with van der Waals surface area (Å²) >= 11 is 0. The van der Waals surface area contributed by atoms with Crippen molar-refractivity contribution in [2.24, 2.45) is 0 Å². The van der Waals surface area contributed by atoms with E-state index in [2.05, 4.69) is 35.3 Å². The van der Waals surface area contributed by atoms with Crippen molar-refractivity contribution in [3.63, 3.8) is 0 Å². The Bertz CT molecular complexity index is 399. The summed E-state index contributed by atoms with van der Waals surface area (Å²) in [5.74, 6) is 0. The second-order valence-corrected chi connectivity index (χ2v) is 4.88. The van der Waals surface area contributed by atoms with Crippen molar-refractivity contribution in [3.8, 4) is 0 Å². The second kappa shape index (κ2) is 4.67. The van der Waals surface area contributed by atoms with E-state index in [1.165, 1.54) is 16.8 Å². The standard InChI is InChI=1S/C14H20N2O/c1-11-14-12(5-6-15-11)3-2-4-13(14)16-7-9-17-10-8-16/h2-4,11,15H,5-10H2,1H3. The molecule has 1 aromatic rings. The van der Waals surface area contributed by atoms with Crippen LogP contribution in [0.15, 0.2) is 18.2 Å². The molecule has 0 aromatic heterocycles. The quantitative estimate of drug-likeness (QED) is 0.798. The summed E-state index contributed by atoms with van der Waals surface area (Å²) < 4.78 is 5.43. The van der Waals surface area contributed by atoms with Gasteiger partial charge < -0.3 is 15.0 Å². The van der Waals surface area contributed by atoms with Gasteiger partial charge in [-0.2, -0.15) is 0 Å². The van der Waals surface area contributed by atoms with Crippen LogP contribution < -0.4 is 10.2 Å². The number of nitrogens with zero attached hydrogens (tertiary/aromatic N) is 1. The average Bonchev–Trinajstić information content (AvgIpc) is 2.39. The SMILES string of the molecule is CC1NCCc2cccc(N3CCOCC3)c21. The Hall–Kier alpha value is -1.06. The number of fused-ring (bicyclic) bond motifs is 1. The molecular formula is C14H20N2O. The summed E-state index contributed by atoms with van der Waals surface area (Å²) in [5, 5.41) is 3.56. The number of anilines is 1. The van der Waals surface area contributed by atoms with E-state index < -0.39 is 0 Å². The van der Waals surface area contributed by atoms with Crippen molar-refractivity contribution in [1.29, 1.82) is 0 Å². The number of morpholine rings is 1. The third-order valence-electron chi connectivity index (χ3n) is 3.80. The van der Waals surface area contributed by atoms with Crippen molar-refractivity contribution in [2.75, 3.05) is 37.7 Å². The van der Waals surface area contributed by atoms with Crippen molar-refractivity contribution in [3.05, 3.63) is 29.3 Å². The van der Waals surface area contributed by atoms with Crippen LogP contribution in [0.25, 0.3) is 0 Å². The van der Waals surface area contributed by atoms with E-state index in [9.17, 15) is 0 Å². The number of ether oxygens (including phenoxy) is 1. The molecule has 1 aromatic carbocycles. The summed E-state index contributed by atoms with van der Waals surface area (Å²) in [7, 11) is 0. The highest BCUT2D eigenvalue weighted by Gasteiger charge is 2.22. The topological polar surface area (TPSA) is 24.5 Å². The van der Waals surface area contributed by atoms with Crippen LogP contribution in [0.1, 0.15) is 24.1 Å². The zero-order valence-corrected chi connectivity index (χ0v) is 10.4. The number of benzene rings is 1. The van der Waals surface area contributed by atoms with Gasteiger partial charge in [-0.25, -0.2) is 0 Å². The largest absolute Gasteiger partial charge is 0.378 e. The molecular weight excluding hydrogens is 212 g/mol. The molecule has 0 amide bonds.